The molecule has 0 saturated heterocycles. The normalized spacial score (nSPS) is 20.0. The molecular formula is C27H42O3. The molecule has 0 radical (unpaired) electrons. The standard InChI is InChI=1S/C27H42O3/c1-4-6-8-9-10-11-22-13-15-23(16-14-22)24-17-19-25(20-18-24)27(29)21(3)30-26(28)12-7-5-2/h17-23H,4-16H2,1-3H3. The number of ketones is 1. The summed E-state index contributed by atoms with van der Waals surface area (Å²) in [5, 5.41) is 0. The summed E-state index contributed by atoms with van der Waals surface area (Å²) >= 11 is 0. The highest BCUT2D eigenvalue weighted by molar-refractivity contribution is 6.00. The lowest BCUT2D eigenvalue weighted by molar-refractivity contribution is -0.146. The molecule has 0 spiro atoms. The van der Waals surface area contributed by atoms with Crippen LogP contribution in [0.3, 0.4) is 0 Å². The first kappa shape index (κ1) is 24.6. The van der Waals surface area contributed by atoms with Crippen molar-refractivity contribution in [3.63, 3.8) is 0 Å². The van der Waals surface area contributed by atoms with Gasteiger partial charge in [-0.1, -0.05) is 83.1 Å². The van der Waals surface area contributed by atoms with Crippen LogP contribution < -0.4 is 0 Å². The van der Waals surface area contributed by atoms with Gasteiger partial charge in [0.1, 0.15) is 0 Å². The quantitative estimate of drug-likeness (QED) is 0.189. The van der Waals surface area contributed by atoms with E-state index in [1.54, 1.807) is 6.92 Å². The maximum Gasteiger partial charge on any atom is 0.306 e. The third kappa shape index (κ3) is 8.24. The highest BCUT2D eigenvalue weighted by Gasteiger charge is 2.23. The Hall–Kier alpha value is -1.64. The Balaban J connectivity index is 1.76. The van der Waals surface area contributed by atoms with Gasteiger partial charge in [0, 0.05) is 12.0 Å². The van der Waals surface area contributed by atoms with Crippen LogP contribution in [0, 0.1) is 5.92 Å². The van der Waals surface area contributed by atoms with Gasteiger partial charge in [0.15, 0.2) is 6.10 Å². The number of unbranched alkanes of at least 4 members (excludes halogenated alkanes) is 5. The maximum absolute atomic E-state index is 12.6. The average molecular weight is 415 g/mol. The molecule has 0 amide bonds. The molecule has 0 heterocycles. The van der Waals surface area contributed by atoms with Crippen LogP contribution in [0.4, 0.5) is 0 Å². The number of ether oxygens (including phenoxy) is 1. The third-order valence-electron chi connectivity index (χ3n) is 6.64. The van der Waals surface area contributed by atoms with Crippen LogP contribution in [0.2, 0.25) is 0 Å². The number of rotatable bonds is 13. The number of carbonyl (C=O) groups is 2. The second-order valence-electron chi connectivity index (χ2n) is 9.14. The van der Waals surface area contributed by atoms with E-state index in [0.29, 0.717) is 17.9 Å². The summed E-state index contributed by atoms with van der Waals surface area (Å²) in [6.07, 6.45) is 14.9. The Labute approximate surface area is 184 Å². The van der Waals surface area contributed by atoms with Crippen molar-refractivity contribution in [3.05, 3.63) is 35.4 Å². The summed E-state index contributed by atoms with van der Waals surface area (Å²) in [6.45, 7) is 5.97. The molecule has 1 fully saturated rings. The predicted octanol–water partition coefficient (Wildman–Crippen LogP) is 7.63. The SMILES string of the molecule is CCCCCCCC1CCC(c2ccc(C(=O)C(C)OC(=O)CCCC)cc2)CC1. The molecular weight excluding hydrogens is 372 g/mol. The van der Waals surface area contributed by atoms with Crippen LogP contribution in [0.15, 0.2) is 24.3 Å². The molecule has 0 aromatic heterocycles. The minimum atomic E-state index is -0.715. The smallest absolute Gasteiger partial charge is 0.306 e. The summed E-state index contributed by atoms with van der Waals surface area (Å²) < 4.78 is 5.29. The fourth-order valence-corrected chi connectivity index (χ4v) is 4.61. The molecule has 1 aliphatic carbocycles. The van der Waals surface area contributed by atoms with Gasteiger partial charge in [-0.25, -0.2) is 0 Å². The summed E-state index contributed by atoms with van der Waals surface area (Å²) in [5.41, 5.74) is 1.98. The zero-order valence-electron chi connectivity index (χ0n) is 19.5. The molecule has 1 aromatic carbocycles. The lowest BCUT2D eigenvalue weighted by atomic mass is 9.77. The second kappa shape index (κ2) is 13.6. The fraction of sp³-hybridized carbons (Fsp3) is 0.704. The Kier molecular flexibility index (Phi) is 11.2. The Bertz CT molecular complexity index is 626. The van der Waals surface area contributed by atoms with Crippen LogP contribution >= 0.6 is 0 Å². The van der Waals surface area contributed by atoms with E-state index in [1.807, 2.05) is 19.1 Å². The van der Waals surface area contributed by atoms with E-state index in [9.17, 15) is 9.59 Å². The molecule has 30 heavy (non-hydrogen) atoms. The van der Waals surface area contributed by atoms with Crippen molar-refractivity contribution < 1.29 is 14.3 Å². The Morgan fingerprint density at radius 3 is 2.17 bits per heavy atom. The van der Waals surface area contributed by atoms with Gasteiger partial charge in [0.05, 0.1) is 0 Å². The summed E-state index contributed by atoms with van der Waals surface area (Å²) in [5.74, 6) is 1.14. The van der Waals surface area contributed by atoms with Crippen molar-refractivity contribution in [3.8, 4) is 0 Å². The summed E-state index contributed by atoms with van der Waals surface area (Å²) in [7, 11) is 0. The number of Topliss-reactive ketones (excluding diaryl/α,β-unsaturated/α-hetero) is 1. The van der Waals surface area contributed by atoms with Gasteiger partial charge in [0.2, 0.25) is 5.78 Å². The number of hydrogen-bond donors (Lipinski definition) is 0. The van der Waals surface area contributed by atoms with Crippen molar-refractivity contribution in [2.45, 2.75) is 116 Å². The molecule has 0 bridgehead atoms. The van der Waals surface area contributed by atoms with Gasteiger partial charge in [-0.05, 0) is 56.4 Å². The van der Waals surface area contributed by atoms with Crippen molar-refractivity contribution in [1.82, 2.24) is 0 Å². The van der Waals surface area contributed by atoms with Gasteiger partial charge < -0.3 is 4.74 Å². The molecule has 168 valence electrons. The molecule has 2 rings (SSSR count). The van der Waals surface area contributed by atoms with Crippen molar-refractivity contribution in [2.24, 2.45) is 5.92 Å². The Morgan fingerprint density at radius 1 is 0.900 bits per heavy atom. The second-order valence-corrected chi connectivity index (χ2v) is 9.14. The molecule has 0 N–H and O–H groups in total. The first-order valence-electron chi connectivity index (χ1n) is 12.4. The first-order valence-corrected chi connectivity index (χ1v) is 12.4. The number of carbonyl (C=O) groups excluding carboxylic acids is 2. The van der Waals surface area contributed by atoms with Crippen molar-refractivity contribution in [1.29, 1.82) is 0 Å². The minimum Gasteiger partial charge on any atom is -0.454 e. The number of benzene rings is 1. The zero-order chi connectivity index (χ0) is 21.8. The fourth-order valence-electron chi connectivity index (χ4n) is 4.61. The topological polar surface area (TPSA) is 43.4 Å². The lowest BCUT2D eigenvalue weighted by Crippen LogP contribution is -2.24. The lowest BCUT2D eigenvalue weighted by Gasteiger charge is -2.29. The van der Waals surface area contributed by atoms with Crippen molar-refractivity contribution in [2.75, 3.05) is 0 Å². The maximum atomic E-state index is 12.6. The highest BCUT2D eigenvalue weighted by atomic mass is 16.5. The molecule has 1 atom stereocenters. The van der Waals surface area contributed by atoms with E-state index in [-0.39, 0.29) is 11.8 Å². The van der Waals surface area contributed by atoms with Crippen molar-refractivity contribution >= 4 is 11.8 Å². The van der Waals surface area contributed by atoms with E-state index >= 15 is 0 Å². The number of hydrogen-bond acceptors (Lipinski definition) is 3. The van der Waals surface area contributed by atoms with Gasteiger partial charge in [-0.2, -0.15) is 0 Å². The van der Waals surface area contributed by atoms with Crippen LogP contribution in [0.5, 0.6) is 0 Å². The number of esters is 1. The molecule has 1 saturated carbocycles. The van der Waals surface area contributed by atoms with Crippen LogP contribution in [0.1, 0.15) is 126 Å². The van der Waals surface area contributed by atoms with Gasteiger partial charge in [0.25, 0.3) is 0 Å². The van der Waals surface area contributed by atoms with E-state index in [2.05, 4.69) is 19.1 Å². The molecule has 0 aliphatic heterocycles. The van der Waals surface area contributed by atoms with Gasteiger partial charge in [-0.3, -0.25) is 9.59 Å². The first-order chi connectivity index (χ1) is 14.5. The summed E-state index contributed by atoms with van der Waals surface area (Å²) in [6, 6.07) is 8.03. The monoisotopic (exact) mass is 414 g/mol. The van der Waals surface area contributed by atoms with Crippen LogP contribution in [-0.4, -0.2) is 17.9 Å². The molecule has 1 unspecified atom stereocenters. The van der Waals surface area contributed by atoms with E-state index in [4.69, 9.17) is 4.74 Å². The van der Waals surface area contributed by atoms with Crippen LogP contribution in [-0.2, 0) is 9.53 Å². The average Bonchev–Trinajstić information content (AvgIpc) is 2.77. The van der Waals surface area contributed by atoms with Crippen LogP contribution in [0.25, 0.3) is 0 Å². The van der Waals surface area contributed by atoms with Gasteiger partial charge in [-0.15, -0.1) is 0 Å². The molecule has 3 nitrogen and oxygen atoms in total. The highest BCUT2D eigenvalue weighted by Crippen LogP contribution is 2.37. The van der Waals surface area contributed by atoms with E-state index in [0.717, 1.165) is 18.8 Å². The predicted molar refractivity (Wildman–Crippen MR) is 124 cm³/mol. The Morgan fingerprint density at radius 2 is 1.53 bits per heavy atom. The zero-order valence-corrected chi connectivity index (χ0v) is 19.5. The van der Waals surface area contributed by atoms with Gasteiger partial charge >= 0.3 is 5.97 Å². The minimum absolute atomic E-state index is 0.113. The summed E-state index contributed by atoms with van der Waals surface area (Å²) in [4.78, 5) is 24.3. The molecule has 1 aromatic rings. The third-order valence-corrected chi connectivity index (χ3v) is 6.64. The largest absolute Gasteiger partial charge is 0.454 e. The molecule has 3 heteroatoms. The van der Waals surface area contributed by atoms with E-state index in [1.165, 1.54) is 69.8 Å². The molecule has 1 aliphatic rings. The van der Waals surface area contributed by atoms with E-state index < -0.39 is 6.10 Å².